The molecule has 10 heteroatoms. The van der Waals surface area contributed by atoms with Gasteiger partial charge in [-0.2, -0.15) is 0 Å². The second-order valence-electron chi connectivity index (χ2n) is 7.88. The second kappa shape index (κ2) is 10.3. The highest BCUT2D eigenvalue weighted by Gasteiger charge is 2.39. The molecule has 2 heterocycles. The molecule has 2 aliphatic heterocycles. The largest absolute Gasteiger partial charge is 0.326 e. The van der Waals surface area contributed by atoms with E-state index in [1.54, 1.807) is 36.4 Å². The van der Waals surface area contributed by atoms with E-state index in [0.29, 0.717) is 16.2 Å². The molecule has 2 saturated heterocycles. The fourth-order valence-corrected chi connectivity index (χ4v) is 5.15. The molecule has 0 bridgehead atoms. The number of carbonyl (C=O) groups excluding carboxylic acids is 5. The SMILES string of the molecule is CC(=O)Nc1ccc(/C=C2/SC(=O)N(CCN3C(=O)S/C(=C/c4ccc(C)cc4)C3=O)C2=O)cc1. The third kappa shape index (κ3) is 5.72. The number of hydrogen-bond acceptors (Lipinski definition) is 7. The number of rotatable bonds is 6. The Morgan fingerprint density at radius 2 is 1.20 bits per heavy atom. The van der Waals surface area contributed by atoms with Crippen LogP contribution in [0.4, 0.5) is 15.3 Å². The molecule has 1 N–H and O–H groups in total. The van der Waals surface area contributed by atoms with Crippen molar-refractivity contribution < 1.29 is 24.0 Å². The van der Waals surface area contributed by atoms with E-state index < -0.39 is 22.3 Å². The first kappa shape index (κ1) is 24.5. The zero-order chi connectivity index (χ0) is 25.1. The van der Waals surface area contributed by atoms with Gasteiger partial charge in [0.15, 0.2) is 0 Å². The van der Waals surface area contributed by atoms with Gasteiger partial charge in [0, 0.05) is 25.7 Å². The Bertz CT molecular complexity index is 1280. The smallest absolute Gasteiger partial charge is 0.293 e. The first-order valence-corrected chi connectivity index (χ1v) is 12.3. The Kier molecular flexibility index (Phi) is 7.23. The van der Waals surface area contributed by atoms with Crippen molar-refractivity contribution in [2.24, 2.45) is 0 Å². The maximum Gasteiger partial charge on any atom is 0.293 e. The molecule has 8 nitrogen and oxygen atoms in total. The average molecular weight is 508 g/mol. The molecule has 2 aromatic rings. The number of aryl methyl sites for hydroxylation is 1. The van der Waals surface area contributed by atoms with Gasteiger partial charge in [0.2, 0.25) is 5.91 Å². The minimum absolute atomic E-state index is 0.0767. The molecule has 4 rings (SSSR count). The minimum atomic E-state index is -0.479. The van der Waals surface area contributed by atoms with Crippen LogP contribution in [-0.4, -0.2) is 51.1 Å². The molecule has 2 aromatic carbocycles. The number of nitrogens with zero attached hydrogens (tertiary/aromatic N) is 2. The summed E-state index contributed by atoms with van der Waals surface area (Å²) in [5, 5.41) is 1.76. The van der Waals surface area contributed by atoms with Crippen molar-refractivity contribution in [2.45, 2.75) is 13.8 Å². The van der Waals surface area contributed by atoms with Gasteiger partial charge in [-0.25, -0.2) is 0 Å². The van der Waals surface area contributed by atoms with Gasteiger partial charge in [0.05, 0.1) is 9.81 Å². The maximum absolute atomic E-state index is 12.8. The van der Waals surface area contributed by atoms with Gasteiger partial charge in [0.25, 0.3) is 22.3 Å². The number of anilines is 1. The predicted octanol–water partition coefficient (Wildman–Crippen LogP) is 4.73. The Morgan fingerprint density at radius 1 is 0.771 bits per heavy atom. The van der Waals surface area contributed by atoms with Crippen LogP contribution in [0.2, 0.25) is 0 Å². The first-order valence-electron chi connectivity index (χ1n) is 10.7. The van der Waals surface area contributed by atoms with Gasteiger partial charge in [-0.1, -0.05) is 42.0 Å². The van der Waals surface area contributed by atoms with Crippen molar-refractivity contribution in [3.63, 3.8) is 0 Å². The lowest BCUT2D eigenvalue weighted by atomic mass is 10.1. The molecule has 2 fully saturated rings. The Labute approximate surface area is 210 Å². The number of nitrogens with one attached hydrogen (secondary N) is 1. The number of benzene rings is 2. The number of imide groups is 2. The monoisotopic (exact) mass is 507 g/mol. The van der Waals surface area contributed by atoms with Gasteiger partial charge in [-0.3, -0.25) is 33.8 Å². The van der Waals surface area contributed by atoms with E-state index >= 15 is 0 Å². The number of hydrogen-bond donors (Lipinski definition) is 1. The first-order chi connectivity index (χ1) is 16.7. The second-order valence-corrected chi connectivity index (χ2v) is 9.87. The minimum Gasteiger partial charge on any atom is -0.326 e. The summed E-state index contributed by atoms with van der Waals surface area (Å²) < 4.78 is 0. The quantitative estimate of drug-likeness (QED) is 0.564. The van der Waals surface area contributed by atoms with Crippen molar-refractivity contribution in [3.05, 3.63) is 75.0 Å². The standard InChI is InChI=1S/C25H21N3O5S2/c1-15-3-5-17(6-4-15)13-20-22(30)27(24(32)34-20)11-12-28-23(31)21(35-25(28)33)14-18-7-9-19(10-8-18)26-16(2)29/h3-10,13-14H,11-12H2,1-2H3,(H,26,29)/b20-13+,21-14+. The van der Waals surface area contributed by atoms with Crippen molar-refractivity contribution in [2.75, 3.05) is 18.4 Å². The maximum atomic E-state index is 12.8. The van der Waals surface area contributed by atoms with Crippen LogP contribution in [0.1, 0.15) is 23.6 Å². The number of carbonyl (C=O) groups is 5. The van der Waals surface area contributed by atoms with Crippen LogP contribution in [-0.2, 0) is 14.4 Å². The molecule has 0 radical (unpaired) electrons. The zero-order valence-electron chi connectivity index (χ0n) is 18.9. The number of thioether (sulfide) groups is 2. The van der Waals surface area contributed by atoms with Crippen molar-refractivity contribution >= 4 is 69.6 Å². The third-order valence-electron chi connectivity index (χ3n) is 5.20. The molecule has 178 valence electrons. The summed E-state index contributed by atoms with van der Waals surface area (Å²) in [6.45, 7) is 3.21. The fraction of sp³-hybridized carbons (Fsp3) is 0.160. The van der Waals surface area contributed by atoms with Gasteiger partial charge in [0.1, 0.15) is 0 Å². The summed E-state index contributed by atoms with van der Waals surface area (Å²) in [6, 6.07) is 14.4. The Morgan fingerprint density at radius 3 is 1.63 bits per heavy atom. The highest BCUT2D eigenvalue weighted by molar-refractivity contribution is 8.18. The highest BCUT2D eigenvalue weighted by Crippen LogP contribution is 2.34. The zero-order valence-corrected chi connectivity index (χ0v) is 20.6. The van der Waals surface area contributed by atoms with Crippen LogP contribution >= 0.6 is 23.5 Å². The summed E-state index contributed by atoms with van der Waals surface area (Å²) in [5.74, 6) is -1.11. The van der Waals surface area contributed by atoms with E-state index in [4.69, 9.17) is 0 Å². The van der Waals surface area contributed by atoms with E-state index in [2.05, 4.69) is 5.32 Å². The van der Waals surface area contributed by atoms with E-state index in [1.807, 2.05) is 31.2 Å². The Hall–Kier alpha value is -3.63. The topological polar surface area (TPSA) is 104 Å². The molecule has 0 aromatic heterocycles. The molecule has 2 aliphatic rings. The highest BCUT2D eigenvalue weighted by atomic mass is 32.2. The summed E-state index contributed by atoms with van der Waals surface area (Å²) >= 11 is 1.64. The molecule has 0 unspecified atom stereocenters. The summed E-state index contributed by atoms with van der Waals surface area (Å²) in [6.07, 6.45) is 3.25. The Balaban J connectivity index is 1.40. The van der Waals surface area contributed by atoms with Gasteiger partial charge >= 0.3 is 0 Å². The van der Waals surface area contributed by atoms with Crippen LogP contribution in [0.15, 0.2) is 58.3 Å². The third-order valence-corrected chi connectivity index (χ3v) is 7.01. The normalized spacial score (nSPS) is 18.3. The van der Waals surface area contributed by atoms with Crippen molar-refractivity contribution in [3.8, 4) is 0 Å². The summed E-state index contributed by atoms with van der Waals surface area (Å²) in [7, 11) is 0. The van der Waals surface area contributed by atoms with Crippen LogP contribution in [0.25, 0.3) is 12.2 Å². The molecular formula is C25H21N3O5S2. The van der Waals surface area contributed by atoms with Crippen LogP contribution in [0.3, 0.4) is 0 Å². The predicted molar refractivity (Wildman–Crippen MR) is 137 cm³/mol. The van der Waals surface area contributed by atoms with Gasteiger partial charge < -0.3 is 5.32 Å². The summed E-state index contributed by atoms with van der Waals surface area (Å²) in [4.78, 5) is 64.1. The lowest BCUT2D eigenvalue weighted by Crippen LogP contribution is -2.39. The molecular weight excluding hydrogens is 486 g/mol. The molecule has 0 aliphatic carbocycles. The molecule has 5 amide bonds. The lowest BCUT2D eigenvalue weighted by molar-refractivity contribution is -0.125. The summed E-state index contributed by atoms with van der Waals surface area (Å²) in [5.41, 5.74) is 3.21. The fourth-order valence-electron chi connectivity index (χ4n) is 3.42. The molecule has 0 spiro atoms. The molecule has 0 atom stereocenters. The van der Waals surface area contributed by atoms with Crippen molar-refractivity contribution in [1.29, 1.82) is 0 Å². The van der Waals surface area contributed by atoms with E-state index in [1.165, 1.54) is 6.92 Å². The van der Waals surface area contributed by atoms with Crippen LogP contribution in [0, 0.1) is 6.92 Å². The van der Waals surface area contributed by atoms with Crippen LogP contribution < -0.4 is 5.32 Å². The van der Waals surface area contributed by atoms with E-state index in [0.717, 1.165) is 44.5 Å². The number of amides is 5. The van der Waals surface area contributed by atoms with Gasteiger partial charge in [-0.05, 0) is 65.9 Å². The van der Waals surface area contributed by atoms with E-state index in [-0.39, 0.29) is 23.9 Å². The molecule has 35 heavy (non-hydrogen) atoms. The van der Waals surface area contributed by atoms with Crippen LogP contribution in [0.5, 0.6) is 0 Å². The molecule has 0 saturated carbocycles. The average Bonchev–Trinajstić information content (AvgIpc) is 3.23. The van der Waals surface area contributed by atoms with E-state index in [9.17, 15) is 24.0 Å². The van der Waals surface area contributed by atoms with Crippen molar-refractivity contribution in [1.82, 2.24) is 9.80 Å². The van der Waals surface area contributed by atoms with Gasteiger partial charge in [-0.15, -0.1) is 0 Å². The lowest BCUT2D eigenvalue weighted by Gasteiger charge is -2.17.